The fourth-order valence-electron chi connectivity index (χ4n) is 1.64. The van der Waals surface area contributed by atoms with Crippen molar-refractivity contribution in [3.05, 3.63) is 61.0 Å². The Morgan fingerprint density at radius 3 is 2.52 bits per heavy atom. The number of carbonyl (C=O) groups excluding carboxylic acids is 1. The molecule has 6 nitrogen and oxygen atoms in total. The third-order valence-corrected chi connectivity index (χ3v) is 3.75. The van der Waals surface area contributed by atoms with Gasteiger partial charge in [-0.3, -0.25) is 14.9 Å². The number of nitrogens with zero attached hydrogens (tertiary/aromatic N) is 1. The Morgan fingerprint density at radius 2 is 1.90 bits per heavy atom. The maximum Gasteiger partial charge on any atom is 0.296 e. The van der Waals surface area contributed by atoms with Crippen LogP contribution < -0.4 is 5.32 Å². The van der Waals surface area contributed by atoms with Crippen molar-refractivity contribution in [3.8, 4) is 5.75 Å². The predicted octanol–water partition coefficient (Wildman–Crippen LogP) is 4.08. The van der Waals surface area contributed by atoms with Gasteiger partial charge in [0.25, 0.3) is 11.6 Å². The first-order valence-electron chi connectivity index (χ1n) is 5.62. The van der Waals surface area contributed by atoms with Crippen LogP contribution in [-0.4, -0.2) is 15.9 Å². The first kappa shape index (κ1) is 15.5. The Hall–Kier alpha value is -1.93. The second-order valence-corrected chi connectivity index (χ2v) is 5.81. The van der Waals surface area contributed by atoms with Gasteiger partial charge in [-0.05, 0) is 46.3 Å². The van der Waals surface area contributed by atoms with Crippen molar-refractivity contribution in [2.24, 2.45) is 0 Å². The van der Waals surface area contributed by atoms with Crippen LogP contribution in [0.1, 0.15) is 10.4 Å². The van der Waals surface area contributed by atoms with Crippen LogP contribution in [0.25, 0.3) is 0 Å². The van der Waals surface area contributed by atoms with E-state index in [1.807, 2.05) is 0 Å². The number of amides is 1. The van der Waals surface area contributed by atoms with Crippen molar-refractivity contribution in [1.29, 1.82) is 0 Å². The first-order valence-corrected chi connectivity index (χ1v) is 7.21. The normalized spacial score (nSPS) is 10.2. The molecule has 2 aromatic rings. The number of carbonyl (C=O) groups is 1. The van der Waals surface area contributed by atoms with E-state index in [9.17, 15) is 20.0 Å². The molecule has 8 heteroatoms. The highest BCUT2D eigenvalue weighted by Crippen LogP contribution is 2.29. The van der Waals surface area contributed by atoms with E-state index in [0.29, 0.717) is 10.0 Å². The van der Waals surface area contributed by atoms with Gasteiger partial charge in [-0.15, -0.1) is 0 Å². The number of aromatic hydroxyl groups is 1. The van der Waals surface area contributed by atoms with Gasteiger partial charge in [0.15, 0.2) is 0 Å². The van der Waals surface area contributed by atoms with Crippen molar-refractivity contribution < 1.29 is 14.8 Å². The van der Waals surface area contributed by atoms with Gasteiger partial charge in [-0.25, -0.2) is 0 Å². The molecule has 0 saturated heterocycles. The molecule has 1 amide bonds. The summed E-state index contributed by atoms with van der Waals surface area (Å²) in [7, 11) is 0. The molecule has 0 bridgehead atoms. The Kier molecular flexibility index (Phi) is 4.59. The van der Waals surface area contributed by atoms with Gasteiger partial charge in [-0.2, -0.15) is 0 Å². The van der Waals surface area contributed by atoms with Crippen LogP contribution in [0.3, 0.4) is 0 Å². The zero-order valence-corrected chi connectivity index (χ0v) is 13.5. The molecule has 2 N–H and O–H groups in total. The number of hydrogen-bond donors (Lipinski definition) is 2. The van der Waals surface area contributed by atoms with E-state index in [2.05, 4.69) is 37.2 Å². The van der Waals surface area contributed by atoms with Gasteiger partial charge in [0.2, 0.25) is 0 Å². The highest BCUT2D eigenvalue weighted by atomic mass is 79.9. The van der Waals surface area contributed by atoms with Gasteiger partial charge in [-0.1, -0.05) is 15.9 Å². The van der Waals surface area contributed by atoms with Crippen LogP contribution in [-0.2, 0) is 0 Å². The van der Waals surface area contributed by atoms with Crippen LogP contribution in [0, 0.1) is 10.1 Å². The van der Waals surface area contributed by atoms with E-state index in [1.54, 1.807) is 18.2 Å². The molecule has 108 valence electrons. The van der Waals surface area contributed by atoms with Crippen LogP contribution in [0.5, 0.6) is 5.75 Å². The number of nitrogens with one attached hydrogen (secondary N) is 1. The van der Waals surface area contributed by atoms with Crippen molar-refractivity contribution >= 4 is 49.1 Å². The van der Waals surface area contributed by atoms with Gasteiger partial charge in [0.05, 0.1) is 16.6 Å². The Bertz CT molecular complexity index is 734. The molecule has 0 saturated carbocycles. The number of phenols is 1. The molecule has 0 heterocycles. The summed E-state index contributed by atoms with van der Waals surface area (Å²) in [6.45, 7) is 0. The van der Waals surface area contributed by atoms with Crippen molar-refractivity contribution in [1.82, 2.24) is 0 Å². The lowest BCUT2D eigenvalue weighted by Crippen LogP contribution is -2.13. The van der Waals surface area contributed by atoms with Crippen LogP contribution in [0.4, 0.5) is 11.4 Å². The fourth-order valence-corrected chi connectivity index (χ4v) is 2.87. The topological polar surface area (TPSA) is 92.5 Å². The third kappa shape index (κ3) is 3.59. The Balaban J connectivity index is 2.34. The summed E-state index contributed by atoms with van der Waals surface area (Å²) in [5.41, 5.74) is -0.0326. The van der Waals surface area contributed by atoms with Crippen molar-refractivity contribution in [2.45, 2.75) is 0 Å². The lowest BCUT2D eigenvalue weighted by Gasteiger charge is -2.08. The smallest absolute Gasteiger partial charge is 0.296 e. The summed E-state index contributed by atoms with van der Waals surface area (Å²) >= 11 is 6.53. The minimum atomic E-state index is -0.675. The molecular formula is C13H8Br2N2O4. The summed E-state index contributed by atoms with van der Waals surface area (Å²) in [5.74, 6) is -0.743. The van der Waals surface area contributed by atoms with E-state index < -0.39 is 10.8 Å². The van der Waals surface area contributed by atoms with Crippen molar-refractivity contribution in [2.75, 3.05) is 5.32 Å². The summed E-state index contributed by atoms with van der Waals surface area (Å²) in [5, 5.41) is 22.7. The van der Waals surface area contributed by atoms with Gasteiger partial charge in [0, 0.05) is 8.95 Å². The highest BCUT2D eigenvalue weighted by molar-refractivity contribution is 9.11. The molecule has 0 unspecified atom stereocenters. The van der Waals surface area contributed by atoms with E-state index in [4.69, 9.17) is 0 Å². The SMILES string of the molecule is O=C(Nc1ccc(O)cc1[N+](=O)[O-])c1ccc(Br)cc1Br. The molecule has 0 aliphatic carbocycles. The van der Waals surface area contributed by atoms with Crippen LogP contribution in [0.2, 0.25) is 0 Å². The van der Waals surface area contributed by atoms with E-state index in [-0.39, 0.29) is 17.1 Å². The number of anilines is 1. The number of halogens is 2. The van der Waals surface area contributed by atoms with Crippen molar-refractivity contribution in [3.63, 3.8) is 0 Å². The van der Waals surface area contributed by atoms with Crippen LogP contribution >= 0.6 is 31.9 Å². The molecule has 2 aromatic carbocycles. The lowest BCUT2D eigenvalue weighted by atomic mass is 10.2. The Labute approximate surface area is 136 Å². The van der Waals surface area contributed by atoms with E-state index >= 15 is 0 Å². The average molecular weight is 416 g/mol. The maximum absolute atomic E-state index is 12.2. The number of benzene rings is 2. The van der Waals surface area contributed by atoms with Gasteiger partial charge in [0.1, 0.15) is 11.4 Å². The molecule has 2 rings (SSSR count). The fraction of sp³-hybridized carbons (Fsp3) is 0. The first-order chi connectivity index (χ1) is 9.88. The Morgan fingerprint density at radius 1 is 1.19 bits per heavy atom. The van der Waals surface area contributed by atoms with E-state index in [1.165, 1.54) is 12.1 Å². The molecule has 0 fully saturated rings. The predicted molar refractivity (Wildman–Crippen MR) is 84.6 cm³/mol. The molecule has 0 spiro atoms. The maximum atomic E-state index is 12.2. The van der Waals surface area contributed by atoms with Gasteiger partial charge < -0.3 is 10.4 Å². The van der Waals surface area contributed by atoms with Crippen LogP contribution in [0.15, 0.2) is 45.3 Å². The zero-order valence-electron chi connectivity index (χ0n) is 10.3. The molecular weight excluding hydrogens is 408 g/mol. The summed E-state index contributed by atoms with van der Waals surface area (Å²) < 4.78 is 1.34. The third-order valence-electron chi connectivity index (χ3n) is 2.60. The zero-order chi connectivity index (χ0) is 15.6. The number of nitro benzene ring substituents is 1. The molecule has 0 aliphatic heterocycles. The molecule has 21 heavy (non-hydrogen) atoms. The largest absolute Gasteiger partial charge is 0.508 e. The molecule has 0 atom stereocenters. The average Bonchev–Trinajstić information content (AvgIpc) is 2.40. The summed E-state index contributed by atoms with van der Waals surface area (Å²) in [6.07, 6.45) is 0. The number of hydrogen-bond acceptors (Lipinski definition) is 4. The quantitative estimate of drug-likeness (QED) is 0.448. The lowest BCUT2D eigenvalue weighted by molar-refractivity contribution is -0.384. The standard InChI is InChI=1S/C13H8Br2N2O4/c14-7-1-3-9(10(15)5-7)13(19)16-11-4-2-8(18)6-12(11)17(20)21/h1-6,18H,(H,16,19). The molecule has 0 aromatic heterocycles. The number of rotatable bonds is 3. The summed E-state index contributed by atoms with van der Waals surface area (Å²) in [4.78, 5) is 22.4. The minimum Gasteiger partial charge on any atom is -0.508 e. The minimum absolute atomic E-state index is 0.0117. The highest BCUT2D eigenvalue weighted by Gasteiger charge is 2.18. The second-order valence-electron chi connectivity index (χ2n) is 4.04. The van der Waals surface area contributed by atoms with E-state index in [0.717, 1.165) is 10.5 Å². The monoisotopic (exact) mass is 414 g/mol. The molecule has 0 radical (unpaired) electrons. The van der Waals surface area contributed by atoms with Gasteiger partial charge >= 0.3 is 0 Å². The molecule has 0 aliphatic rings. The second kappa shape index (κ2) is 6.23. The summed E-state index contributed by atoms with van der Waals surface area (Å²) in [6, 6.07) is 8.48. The number of phenolic OH excluding ortho intramolecular Hbond substituents is 1. The number of nitro groups is 1.